The molecule has 0 aromatic carbocycles. The lowest BCUT2D eigenvalue weighted by Crippen LogP contribution is -1.99. The molecule has 0 saturated heterocycles. The van der Waals surface area contributed by atoms with E-state index in [9.17, 15) is 4.79 Å². The van der Waals surface area contributed by atoms with Gasteiger partial charge in [0.2, 0.25) is 0 Å². The van der Waals surface area contributed by atoms with Gasteiger partial charge < -0.3 is 0 Å². The second-order valence-electron chi connectivity index (χ2n) is 1.61. The Morgan fingerprint density at radius 2 is 2.33 bits per heavy atom. The van der Waals surface area contributed by atoms with Crippen LogP contribution in [0.2, 0.25) is 0 Å². The largest absolute Gasteiger partial charge is 0.290 e. The zero-order chi connectivity index (χ0) is 6.69. The van der Waals surface area contributed by atoms with Crippen LogP contribution in [-0.4, -0.2) is 4.98 Å². The highest BCUT2D eigenvalue weighted by molar-refractivity contribution is 7.26. The molecular formula is C6H6NOP. The number of rotatable bonds is 0. The summed E-state index contributed by atoms with van der Waals surface area (Å²) >= 11 is 0. The SMILES string of the molecule is O=c1cccnc(P)c1. The minimum atomic E-state index is -0.0162. The molecule has 0 N–H and O–H groups in total. The summed E-state index contributed by atoms with van der Waals surface area (Å²) in [6.45, 7) is 0. The molecule has 0 radical (unpaired) electrons. The Morgan fingerprint density at radius 1 is 1.56 bits per heavy atom. The topological polar surface area (TPSA) is 30.0 Å². The summed E-state index contributed by atoms with van der Waals surface area (Å²) in [5, 5.41) is 0. The van der Waals surface area contributed by atoms with E-state index in [0.29, 0.717) is 5.44 Å². The van der Waals surface area contributed by atoms with Gasteiger partial charge in [0.15, 0.2) is 5.43 Å². The van der Waals surface area contributed by atoms with Gasteiger partial charge >= 0.3 is 0 Å². The minimum absolute atomic E-state index is 0.0162. The van der Waals surface area contributed by atoms with E-state index in [1.807, 2.05) is 0 Å². The summed E-state index contributed by atoms with van der Waals surface area (Å²) < 4.78 is 0. The molecular weight excluding hydrogens is 133 g/mol. The van der Waals surface area contributed by atoms with E-state index in [0.717, 1.165) is 0 Å². The Bertz CT molecular complexity index is 261. The molecule has 0 spiro atoms. The van der Waals surface area contributed by atoms with Crippen molar-refractivity contribution in [2.45, 2.75) is 0 Å². The third kappa shape index (κ3) is 1.90. The molecule has 2 nitrogen and oxygen atoms in total. The lowest BCUT2D eigenvalue weighted by molar-refractivity contribution is 1.43. The predicted molar refractivity (Wildman–Crippen MR) is 39.9 cm³/mol. The number of nitrogens with zero attached hydrogens (tertiary/aromatic N) is 1. The second kappa shape index (κ2) is 2.70. The molecule has 46 valence electrons. The second-order valence-corrected chi connectivity index (χ2v) is 2.20. The van der Waals surface area contributed by atoms with Crippen molar-refractivity contribution in [3.05, 3.63) is 34.6 Å². The van der Waals surface area contributed by atoms with Crippen LogP contribution >= 0.6 is 9.24 Å². The van der Waals surface area contributed by atoms with Gasteiger partial charge in [-0.1, -0.05) is 9.24 Å². The standard InChI is InChI=1S/C6H6NOP/c8-5-2-1-3-7-6(9)4-5/h1-4H,9H2. The maximum atomic E-state index is 10.6. The first-order valence-electron chi connectivity index (χ1n) is 2.51. The molecule has 0 aliphatic heterocycles. The molecule has 0 aliphatic carbocycles. The highest BCUT2D eigenvalue weighted by Crippen LogP contribution is 1.75. The maximum absolute atomic E-state index is 10.6. The van der Waals surface area contributed by atoms with Crippen molar-refractivity contribution in [3.63, 3.8) is 0 Å². The van der Waals surface area contributed by atoms with Gasteiger partial charge in [-0.05, 0) is 12.1 Å². The summed E-state index contributed by atoms with van der Waals surface area (Å²) in [7, 11) is 2.37. The molecule has 3 heteroatoms. The first-order valence-corrected chi connectivity index (χ1v) is 3.08. The van der Waals surface area contributed by atoms with Gasteiger partial charge in [-0.3, -0.25) is 9.78 Å². The Labute approximate surface area is 55.2 Å². The van der Waals surface area contributed by atoms with Crippen LogP contribution in [0, 0.1) is 0 Å². The van der Waals surface area contributed by atoms with E-state index >= 15 is 0 Å². The first kappa shape index (κ1) is 6.37. The fourth-order valence-electron chi connectivity index (χ4n) is 0.498. The van der Waals surface area contributed by atoms with Gasteiger partial charge in [0.05, 0.1) is 5.44 Å². The van der Waals surface area contributed by atoms with Crippen molar-refractivity contribution < 1.29 is 0 Å². The number of aromatic nitrogens is 1. The summed E-state index contributed by atoms with van der Waals surface area (Å²) in [5.74, 6) is 0. The molecule has 0 amide bonds. The summed E-state index contributed by atoms with van der Waals surface area (Å²) in [6.07, 6.45) is 1.59. The lowest BCUT2D eigenvalue weighted by Gasteiger charge is -1.73. The Morgan fingerprint density at radius 3 is 3.11 bits per heavy atom. The fourth-order valence-corrected chi connectivity index (χ4v) is 0.748. The molecule has 0 bridgehead atoms. The molecule has 1 heterocycles. The molecule has 1 unspecified atom stereocenters. The van der Waals surface area contributed by atoms with E-state index in [1.165, 1.54) is 12.1 Å². The van der Waals surface area contributed by atoms with Gasteiger partial charge in [0, 0.05) is 12.3 Å². The molecule has 1 atom stereocenters. The molecule has 1 aromatic heterocycles. The first-order chi connectivity index (χ1) is 4.29. The van der Waals surface area contributed by atoms with E-state index in [-0.39, 0.29) is 5.43 Å². The monoisotopic (exact) mass is 139 g/mol. The van der Waals surface area contributed by atoms with E-state index in [4.69, 9.17) is 0 Å². The van der Waals surface area contributed by atoms with Gasteiger partial charge in [-0.15, -0.1) is 0 Å². The van der Waals surface area contributed by atoms with Gasteiger partial charge in [-0.2, -0.15) is 0 Å². The van der Waals surface area contributed by atoms with Gasteiger partial charge in [0.25, 0.3) is 0 Å². The highest BCUT2D eigenvalue weighted by atomic mass is 31.0. The smallest absolute Gasteiger partial charge is 0.180 e. The number of hydrogen-bond donors (Lipinski definition) is 0. The lowest BCUT2D eigenvalue weighted by atomic mass is 10.5. The predicted octanol–water partition coefficient (Wildman–Crippen LogP) is -0.0578. The van der Waals surface area contributed by atoms with Crippen molar-refractivity contribution in [1.29, 1.82) is 0 Å². The van der Waals surface area contributed by atoms with E-state index in [1.54, 1.807) is 12.3 Å². The van der Waals surface area contributed by atoms with Crippen LogP contribution in [0.4, 0.5) is 0 Å². The van der Waals surface area contributed by atoms with Crippen LogP contribution in [0.1, 0.15) is 0 Å². The highest BCUT2D eigenvalue weighted by Gasteiger charge is 1.80. The van der Waals surface area contributed by atoms with Crippen LogP contribution < -0.4 is 10.9 Å². The average Bonchev–Trinajstić information content (AvgIpc) is 1.93. The quantitative estimate of drug-likeness (QED) is 0.471. The summed E-state index contributed by atoms with van der Waals surface area (Å²) in [6, 6.07) is 4.56. The Balaban J connectivity index is 3.37. The average molecular weight is 139 g/mol. The molecule has 1 aromatic rings. The van der Waals surface area contributed by atoms with Gasteiger partial charge in [-0.25, -0.2) is 0 Å². The molecule has 9 heavy (non-hydrogen) atoms. The van der Waals surface area contributed by atoms with Crippen LogP contribution in [-0.2, 0) is 0 Å². The van der Waals surface area contributed by atoms with E-state index < -0.39 is 0 Å². The van der Waals surface area contributed by atoms with Crippen molar-refractivity contribution >= 4 is 14.7 Å². The molecule has 0 aliphatic rings. The Kier molecular flexibility index (Phi) is 1.91. The third-order valence-electron chi connectivity index (χ3n) is 0.860. The zero-order valence-electron chi connectivity index (χ0n) is 4.74. The van der Waals surface area contributed by atoms with Gasteiger partial charge in [0.1, 0.15) is 0 Å². The number of hydrogen-bond acceptors (Lipinski definition) is 2. The summed E-state index contributed by atoms with van der Waals surface area (Å²) in [4.78, 5) is 14.5. The Hall–Kier alpha value is -0.750. The van der Waals surface area contributed by atoms with E-state index in [2.05, 4.69) is 14.2 Å². The molecule has 0 saturated carbocycles. The van der Waals surface area contributed by atoms with Crippen molar-refractivity contribution in [2.75, 3.05) is 0 Å². The van der Waals surface area contributed by atoms with Crippen molar-refractivity contribution in [1.82, 2.24) is 4.98 Å². The minimum Gasteiger partial charge on any atom is -0.290 e. The van der Waals surface area contributed by atoms with Crippen LogP contribution in [0.15, 0.2) is 29.2 Å². The maximum Gasteiger partial charge on any atom is 0.180 e. The van der Waals surface area contributed by atoms with Crippen LogP contribution in [0.5, 0.6) is 0 Å². The van der Waals surface area contributed by atoms with Crippen LogP contribution in [0.25, 0.3) is 0 Å². The molecule has 1 rings (SSSR count). The zero-order valence-corrected chi connectivity index (χ0v) is 5.90. The molecule has 0 fully saturated rings. The summed E-state index contributed by atoms with van der Waals surface area (Å²) in [5.41, 5.74) is 0.655. The van der Waals surface area contributed by atoms with Crippen molar-refractivity contribution in [2.24, 2.45) is 0 Å². The van der Waals surface area contributed by atoms with Crippen molar-refractivity contribution in [3.8, 4) is 0 Å². The fraction of sp³-hybridized carbons (Fsp3) is 0. The van der Waals surface area contributed by atoms with Crippen LogP contribution in [0.3, 0.4) is 0 Å². The third-order valence-corrected chi connectivity index (χ3v) is 1.18. The normalized spacial score (nSPS) is 9.00.